The molecule has 0 fully saturated rings. The van der Waals surface area contributed by atoms with Gasteiger partial charge in [0.15, 0.2) is 6.61 Å². The molecule has 0 aliphatic heterocycles. The van der Waals surface area contributed by atoms with Crippen molar-refractivity contribution in [2.45, 2.75) is 13.1 Å². The highest BCUT2D eigenvalue weighted by Crippen LogP contribution is 2.30. The maximum absolute atomic E-state index is 12.8. The quantitative estimate of drug-likeness (QED) is 0.561. The van der Waals surface area contributed by atoms with Crippen molar-refractivity contribution in [3.8, 4) is 5.75 Å². The van der Waals surface area contributed by atoms with Crippen LogP contribution in [0, 0.1) is 6.92 Å². The average Bonchev–Trinajstić information content (AvgIpc) is 2.73. The lowest BCUT2D eigenvalue weighted by molar-refractivity contribution is -0.137. The number of aryl methyl sites for hydroxylation is 1. The molecule has 0 atom stereocenters. The third-order valence-electron chi connectivity index (χ3n) is 4.27. The Balaban J connectivity index is 1.55. The molecule has 3 rings (SSSR count). The van der Waals surface area contributed by atoms with E-state index < -0.39 is 17.6 Å². The molecular weight excluding hydrogens is 409 g/mol. The molecule has 2 amide bonds. The van der Waals surface area contributed by atoms with Gasteiger partial charge in [0.25, 0.3) is 11.8 Å². The Bertz CT molecular complexity index is 1060. The lowest BCUT2D eigenvalue weighted by Crippen LogP contribution is -2.20. The molecule has 5 nitrogen and oxygen atoms in total. The van der Waals surface area contributed by atoms with Crippen molar-refractivity contribution in [2.75, 3.05) is 17.2 Å². The van der Waals surface area contributed by atoms with E-state index in [1.165, 1.54) is 36.4 Å². The van der Waals surface area contributed by atoms with Crippen LogP contribution in [0.25, 0.3) is 0 Å². The molecule has 0 saturated carbocycles. The molecular formula is C23H19F3N2O3. The van der Waals surface area contributed by atoms with Crippen molar-refractivity contribution in [3.63, 3.8) is 0 Å². The van der Waals surface area contributed by atoms with Crippen molar-refractivity contribution in [1.82, 2.24) is 0 Å². The number of nitrogens with one attached hydrogen (secondary N) is 2. The molecule has 0 heterocycles. The number of benzene rings is 3. The van der Waals surface area contributed by atoms with Crippen LogP contribution in [0.2, 0.25) is 0 Å². The summed E-state index contributed by atoms with van der Waals surface area (Å²) in [5, 5.41) is 5.07. The molecule has 0 aliphatic carbocycles. The molecule has 0 aromatic heterocycles. The van der Waals surface area contributed by atoms with Crippen molar-refractivity contribution in [3.05, 3.63) is 89.5 Å². The Labute approximate surface area is 176 Å². The van der Waals surface area contributed by atoms with E-state index in [0.717, 1.165) is 17.7 Å². The summed E-state index contributed by atoms with van der Waals surface area (Å²) in [6.07, 6.45) is -4.50. The molecule has 8 heteroatoms. The zero-order chi connectivity index (χ0) is 22.4. The Morgan fingerprint density at radius 2 is 1.55 bits per heavy atom. The number of anilines is 2. The normalized spacial score (nSPS) is 11.0. The molecule has 31 heavy (non-hydrogen) atoms. The fraction of sp³-hybridized carbons (Fsp3) is 0.130. The number of hydrogen-bond acceptors (Lipinski definition) is 3. The van der Waals surface area contributed by atoms with Crippen LogP contribution in [-0.2, 0) is 11.0 Å². The number of carbonyl (C=O) groups is 2. The number of alkyl halides is 3. The van der Waals surface area contributed by atoms with E-state index >= 15 is 0 Å². The second-order valence-electron chi connectivity index (χ2n) is 6.76. The SMILES string of the molecule is Cc1ccc(OCC(=O)Nc2ccc(C(=O)Nc3cccc(C(F)(F)F)c3)cc2)cc1. The van der Waals surface area contributed by atoms with Gasteiger partial charge in [0.05, 0.1) is 5.56 Å². The zero-order valence-electron chi connectivity index (χ0n) is 16.5. The summed E-state index contributed by atoms with van der Waals surface area (Å²) in [5.74, 6) is -0.371. The molecule has 0 aliphatic rings. The van der Waals surface area contributed by atoms with Crippen LogP contribution in [0.4, 0.5) is 24.5 Å². The first-order valence-electron chi connectivity index (χ1n) is 9.29. The fourth-order valence-electron chi connectivity index (χ4n) is 2.66. The van der Waals surface area contributed by atoms with Crippen molar-refractivity contribution >= 4 is 23.2 Å². The number of halogens is 3. The number of amides is 2. The van der Waals surface area contributed by atoms with Crippen LogP contribution in [-0.4, -0.2) is 18.4 Å². The second kappa shape index (κ2) is 9.34. The Kier molecular flexibility index (Phi) is 6.59. The predicted octanol–water partition coefficient (Wildman–Crippen LogP) is 5.28. The van der Waals surface area contributed by atoms with E-state index in [1.807, 2.05) is 19.1 Å². The van der Waals surface area contributed by atoms with Crippen LogP contribution in [0.1, 0.15) is 21.5 Å². The Morgan fingerprint density at radius 3 is 2.19 bits per heavy atom. The van der Waals surface area contributed by atoms with Gasteiger partial charge in [0.2, 0.25) is 0 Å². The molecule has 0 radical (unpaired) electrons. The maximum atomic E-state index is 12.8. The Hall–Kier alpha value is -3.81. The van der Waals surface area contributed by atoms with Gasteiger partial charge in [-0.3, -0.25) is 9.59 Å². The lowest BCUT2D eigenvalue weighted by atomic mass is 10.1. The van der Waals surface area contributed by atoms with Crippen molar-refractivity contribution < 1.29 is 27.5 Å². The van der Waals surface area contributed by atoms with E-state index in [0.29, 0.717) is 11.4 Å². The van der Waals surface area contributed by atoms with Gasteiger partial charge in [-0.1, -0.05) is 23.8 Å². The van der Waals surface area contributed by atoms with Gasteiger partial charge in [-0.15, -0.1) is 0 Å². The first-order valence-corrected chi connectivity index (χ1v) is 9.29. The minimum absolute atomic E-state index is 0.0328. The van der Waals surface area contributed by atoms with E-state index in [-0.39, 0.29) is 23.8 Å². The summed E-state index contributed by atoms with van der Waals surface area (Å²) in [7, 11) is 0. The lowest BCUT2D eigenvalue weighted by Gasteiger charge is -2.11. The summed E-state index contributed by atoms with van der Waals surface area (Å²) in [5.41, 5.74) is 0.940. The minimum Gasteiger partial charge on any atom is -0.484 e. The van der Waals surface area contributed by atoms with Gasteiger partial charge >= 0.3 is 6.18 Å². The molecule has 0 bridgehead atoms. The number of ether oxygens (including phenoxy) is 1. The van der Waals surface area contributed by atoms with Crippen LogP contribution < -0.4 is 15.4 Å². The summed E-state index contributed by atoms with van der Waals surface area (Å²) in [4.78, 5) is 24.3. The molecule has 0 saturated heterocycles. The van der Waals surface area contributed by atoms with Crippen LogP contribution in [0.15, 0.2) is 72.8 Å². The summed E-state index contributed by atoms with van der Waals surface area (Å²) in [6.45, 7) is 1.76. The Morgan fingerprint density at radius 1 is 0.871 bits per heavy atom. The van der Waals surface area contributed by atoms with Crippen LogP contribution in [0.5, 0.6) is 5.75 Å². The van der Waals surface area contributed by atoms with Crippen molar-refractivity contribution in [2.24, 2.45) is 0 Å². The second-order valence-corrected chi connectivity index (χ2v) is 6.76. The third kappa shape index (κ3) is 6.33. The van der Waals surface area contributed by atoms with Crippen LogP contribution in [0.3, 0.4) is 0 Å². The summed E-state index contributed by atoms with van der Waals surface area (Å²) >= 11 is 0. The summed E-state index contributed by atoms with van der Waals surface area (Å²) < 4.78 is 43.8. The highest BCUT2D eigenvalue weighted by atomic mass is 19.4. The van der Waals surface area contributed by atoms with E-state index in [2.05, 4.69) is 10.6 Å². The first-order chi connectivity index (χ1) is 14.7. The largest absolute Gasteiger partial charge is 0.484 e. The maximum Gasteiger partial charge on any atom is 0.416 e. The number of rotatable bonds is 6. The zero-order valence-corrected chi connectivity index (χ0v) is 16.5. The molecule has 160 valence electrons. The first kappa shape index (κ1) is 21.9. The highest BCUT2D eigenvalue weighted by molar-refractivity contribution is 6.04. The van der Waals surface area contributed by atoms with Gasteiger partial charge in [-0.2, -0.15) is 13.2 Å². The summed E-state index contributed by atoms with van der Waals surface area (Å²) in [6, 6.07) is 17.6. The third-order valence-corrected chi connectivity index (χ3v) is 4.27. The highest BCUT2D eigenvalue weighted by Gasteiger charge is 2.30. The number of hydrogen-bond donors (Lipinski definition) is 2. The van der Waals surface area contributed by atoms with E-state index in [4.69, 9.17) is 4.74 Å². The molecule has 0 spiro atoms. The molecule has 3 aromatic carbocycles. The average molecular weight is 428 g/mol. The standard InChI is InChI=1S/C23H19F3N2O3/c1-15-5-11-20(12-6-15)31-14-21(29)27-18-9-7-16(8-10-18)22(30)28-19-4-2-3-17(13-19)23(24,25)26/h2-13H,14H2,1H3,(H,27,29)(H,28,30). The van der Waals surface area contributed by atoms with E-state index in [1.54, 1.807) is 12.1 Å². The smallest absolute Gasteiger partial charge is 0.416 e. The monoisotopic (exact) mass is 428 g/mol. The molecule has 2 N–H and O–H groups in total. The van der Waals surface area contributed by atoms with Gasteiger partial charge in [-0.25, -0.2) is 0 Å². The van der Waals surface area contributed by atoms with Gasteiger partial charge < -0.3 is 15.4 Å². The fourth-order valence-corrected chi connectivity index (χ4v) is 2.66. The van der Waals surface area contributed by atoms with Gasteiger partial charge in [0, 0.05) is 16.9 Å². The van der Waals surface area contributed by atoms with Crippen molar-refractivity contribution in [1.29, 1.82) is 0 Å². The minimum atomic E-state index is -4.50. The van der Waals surface area contributed by atoms with Crippen LogP contribution >= 0.6 is 0 Å². The van der Waals surface area contributed by atoms with E-state index in [9.17, 15) is 22.8 Å². The topological polar surface area (TPSA) is 67.4 Å². The van der Waals surface area contributed by atoms with Gasteiger partial charge in [-0.05, 0) is 61.5 Å². The number of carbonyl (C=O) groups excluding carboxylic acids is 2. The predicted molar refractivity (Wildman–Crippen MR) is 111 cm³/mol. The molecule has 3 aromatic rings. The van der Waals surface area contributed by atoms with Gasteiger partial charge in [0.1, 0.15) is 5.75 Å². The molecule has 0 unspecified atom stereocenters.